The average molecular weight is 302 g/mol. The first-order valence-electron chi connectivity index (χ1n) is 6.97. The Labute approximate surface area is 134 Å². The van der Waals surface area contributed by atoms with Gasteiger partial charge in [-0.1, -0.05) is 48.0 Å². The third-order valence-corrected chi connectivity index (χ3v) is 3.23. The van der Waals surface area contributed by atoms with E-state index in [4.69, 9.17) is 15.3 Å². The lowest BCUT2D eigenvalue weighted by atomic mass is 10.1. The van der Waals surface area contributed by atoms with Crippen LogP contribution >= 0.6 is 0 Å². The van der Waals surface area contributed by atoms with Crippen molar-refractivity contribution in [1.29, 1.82) is 10.5 Å². The Morgan fingerprint density at radius 3 is 2.48 bits per heavy atom. The molecule has 0 spiro atoms. The molecule has 2 rings (SSSR count). The molecule has 0 aromatic heterocycles. The predicted octanol–water partition coefficient (Wildman–Crippen LogP) is 3.52. The van der Waals surface area contributed by atoms with Crippen molar-refractivity contribution >= 4 is 12.0 Å². The third-order valence-electron chi connectivity index (χ3n) is 3.23. The molecule has 0 aliphatic rings. The summed E-state index contributed by atoms with van der Waals surface area (Å²) in [6.07, 6.45) is 1.48. The van der Waals surface area contributed by atoms with E-state index in [1.54, 1.807) is 24.3 Å². The van der Waals surface area contributed by atoms with Gasteiger partial charge >= 0.3 is 5.97 Å². The molecule has 2 aromatic rings. The zero-order chi connectivity index (χ0) is 16.7. The number of carbonyl (C=O) groups is 1. The maximum atomic E-state index is 12.0. The van der Waals surface area contributed by atoms with Crippen molar-refractivity contribution in [2.75, 3.05) is 0 Å². The lowest BCUT2D eigenvalue weighted by Gasteiger charge is -2.05. The molecule has 2 aromatic carbocycles. The van der Waals surface area contributed by atoms with E-state index in [-0.39, 0.29) is 12.2 Å². The Bertz CT molecular complexity index is 822. The van der Waals surface area contributed by atoms with Crippen LogP contribution in [-0.4, -0.2) is 5.97 Å². The van der Waals surface area contributed by atoms with Gasteiger partial charge in [0.05, 0.1) is 11.6 Å². The molecule has 112 valence electrons. The lowest BCUT2D eigenvalue weighted by Crippen LogP contribution is -2.07. The van der Waals surface area contributed by atoms with Crippen LogP contribution in [0.3, 0.4) is 0 Å². The second-order valence-corrected chi connectivity index (χ2v) is 4.93. The van der Waals surface area contributed by atoms with Gasteiger partial charge in [-0.2, -0.15) is 10.5 Å². The van der Waals surface area contributed by atoms with Gasteiger partial charge in [-0.15, -0.1) is 0 Å². The molecule has 4 nitrogen and oxygen atoms in total. The maximum absolute atomic E-state index is 12.0. The molecule has 0 aliphatic carbocycles. The molecule has 4 heteroatoms. The summed E-state index contributed by atoms with van der Waals surface area (Å²) in [7, 11) is 0. The molecule has 0 saturated heterocycles. The lowest BCUT2D eigenvalue weighted by molar-refractivity contribution is -0.139. The fourth-order valence-corrected chi connectivity index (χ4v) is 1.94. The van der Waals surface area contributed by atoms with Gasteiger partial charge in [0.25, 0.3) is 0 Å². The number of aryl methyl sites for hydroxylation is 1. The van der Waals surface area contributed by atoms with Gasteiger partial charge in [0.15, 0.2) is 0 Å². The van der Waals surface area contributed by atoms with E-state index < -0.39 is 5.97 Å². The van der Waals surface area contributed by atoms with Gasteiger partial charge < -0.3 is 4.74 Å². The summed E-state index contributed by atoms with van der Waals surface area (Å²) < 4.78 is 5.14. The molecule has 0 amide bonds. The smallest absolute Gasteiger partial charge is 0.349 e. The molecular formula is C19H14N2O2. The maximum Gasteiger partial charge on any atom is 0.349 e. The van der Waals surface area contributed by atoms with Crippen LogP contribution in [-0.2, 0) is 16.1 Å². The van der Waals surface area contributed by atoms with Gasteiger partial charge in [-0.25, -0.2) is 4.79 Å². The summed E-state index contributed by atoms with van der Waals surface area (Å²) in [5, 5.41) is 18.1. The van der Waals surface area contributed by atoms with Crippen molar-refractivity contribution in [3.8, 4) is 12.1 Å². The Hall–Kier alpha value is -3.37. The highest BCUT2D eigenvalue weighted by Gasteiger charge is 2.12. The Kier molecular flexibility index (Phi) is 5.28. The monoisotopic (exact) mass is 302 g/mol. The number of rotatable bonds is 4. The van der Waals surface area contributed by atoms with Gasteiger partial charge in [-0.3, -0.25) is 0 Å². The first-order valence-corrected chi connectivity index (χ1v) is 6.97. The van der Waals surface area contributed by atoms with Crippen molar-refractivity contribution < 1.29 is 9.53 Å². The number of hydrogen-bond donors (Lipinski definition) is 0. The number of esters is 1. The molecule has 0 heterocycles. The van der Waals surface area contributed by atoms with Crippen LogP contribution in [0, 0.1) is 29.6 Å². The fraction of sp³-hybridized carbons (Fsp3) is 0.105. The van der Waals surface area contributed by atoms with Crippen LogP contribution in [0.1, 0.15) is 22.3 Å². The predicted molar refractivity (Wildman–Crippen MR) is 85.7 cm³/mol. The summed E-state index contributed by atoms with van der Waals surface area (Å²) in [4.78, 5) is 12.0. The van der Waals surface area contributed by atoms with Gasteiger partial charge in [0.2, 0.25) is 0 Å². The normalized spacial score (nSPS) is 10.5. The highest BCUT2D eigenvalue weighted by molar-refractivity contribution is 5.97. The van der Waals surface area contributed by atoms with Crippen molar-refractivity contribution in [3.05, 3.63) is 76.4 Å². The van der Waals surface area contributed by atoms with Gasteiger partial charge in [0.1, 0.15) is 18.2 Å². The first kappa shape index (κ1) is 16.0. The van der Waals surface area contributed by atoms with E-state index in [0.29, 0.717) is 11.1 Å². The number of benzene rings is 2. The molecule has 23 heavy (non-hydrogen) atoms. The van der Waals surface area contributed by atoms with Gasteiger partial charge in [-0.05, 0) is 24.6 Å². The Morgan fingerprint density at radius 2 is 1.83 bits per heavy atom. The number of carbonyl (C=O) groups excluding carboxylic acids is 1. The van der Waals surface area contributed by atoms with Crippen LogP contribution < -0.4 is 0 Å². The van der Waals surface area contributed by atoms with Crippen molar-refractivity contribution in [2.45, 2.75) is 13.5 Å². The molecule has 0 saturated carbocycles. The fourth-order valence-electron chi connectivity index (χ4n) is 1.94. The Balaban J connectivity index is 2.11. The van der Waals surface area contributed by atoms with E-state index >= 15 is 0 Å². The van der Waals surface area contributed by atoms with Crippen LogP contribution in [0.4, 0.5) is 0 Å². The topological polar surface area (TPSA) is 73.9 Å². The van der Waals surface area contributed by atoms with Crippen LogP contribution in [0.25, 0.3) is 6.08 Å². The molecular weight excluding hydrogens is 288 g/mol. The van der Waals surface area contributed by atoms with Crippen LogP contribution in [0.15, 0.2) is 54.1 Å². The molecule has 0 radical (unpaired) electrons. The minimum Gasteiger partial charge on any atom is -0.457 e. The minimum absolute atomic E-state index is 0.0461. The number of hydrogen-bond acceptors (Lipinski definition) is 4. The summed E-state index contributed by atoms with van der Waals surface area (Å²) >= 11 is 0. The van der Waals surface area contributed by atoms with Crippen molar-refractivity contribution in [2.24, 2.45) is 0 Å². The quantitative estimate of drug-likeness (QED) is 0.492. The van der Waals surface area contributed by atoms with E-state index in [2.05, 4.69) is 0 Å². The largest absolute Gasteiger partial charge is 0.457 e. The Morgan fingerprint density at radius 1 is 1.13 bits per heavy atom. The van der Waals surface area contributed by atoms with E-state index in [9.17, 15) is 4.79 Å². The second-order valence-electron chi connectivity index (χ2n) is 4.93. The van der Waals surface area contributed by atoms with Gasteiger partial charge in [0, 0.05) is 5.56 Å². The number of nitrogens with zero attached hydrogens (tertiary/aromatic N) is 2. The van der Waals surface area contributed by atoms with Crippen molar-refractivity contribution in [3.63, 3.8) is 0 Å². The summed E-state index contributed by atoms with van der Waals surface area (Å²) in [5.41, 5.74) is 2.82. The van der Waals surface area contributed by atoms with E-state index in [1.165, 1.54) is 6.08 Å². The van der Waals surface area contributed by atoms with E-state index in [1.807, 2.05) is 43.3 Å². The highest BCUT2D eigenvalue weighted by Crippen LogP contribution is 2.12. The zero-order valence-electron chi connectivity index (χ0n) is 12.6. The summed E-state index contributed by atoms with van der Waals surface area (Å²) in [5.74, 6) is -0.708. The molecule has 0 fully saturated rings. The minimum atomic E-state index is -0.708. The standard InChI is InChI=1S/C19H14N2O2/c1-14-6-8-15(9-7-14)10-18(12-21)19(22)23-13-17-5-3-2-4-16(17)11-20/h2-10H,13H2,1H3/b18-10+. The number of nitriles is 2. The summed E-state index contributed by atoms with van der Waals surface area (Å²) in [6.45, 7) is 1.91. The molecule has 0 aliphatic heterocycles. The third kappa shape index (κ3) is 4.30. The first-order chi connectivity index (χ1) is 11.1. The molecule has 0 bridgehead atoms. The SMILES string of the molecule is Cc1ccc(/C=C(\C#N)C(=O)OCc2ccccc2C#N)cc1. The molecule has 0 unspecified atom stereocenters. The summed E-state index contributed by atoms with van der Waals surface area (Å²) in [6, 6.07) is 18.2. The second kappa shape index (κ2) is 7.59. The average Bonchev–Trinajstić information content (AvgIpc) is 2.59. The van der Waals surface area contributed by atoms with Crippen LogP contribution in [0.2, 0.25) is 0 Å². The molecule has 0 atom stereocenters. The van der Waals surface area contributed by atoms with Crippen LogP contribution in [0.5, 0.6) is 0 Å². The van der Waals surface area contributed by atoms with E-state index in [0.717, 1.165) is 11.1 Å². The zero-order valence-corrected chi connectivity index (χ0v) is 12.6. The highest BCUT2D eigenvalue weighted by atomic mass is 16.5. The van der Waals surface area contributed by atoms with Crippen molar-refractivity contribution in [1.82, 2.24) is 0 Å². The number of ether oxygens (including phenoxy) is 1. The molecule has 0 N–H and O–H groups in total.